The SMILES string of the molecule is C=CC(=O)N1CCC(CN(C(=O)OC)[C@H]2CCC[C@@H](Nc3ncc(Cl)c(-c4c[nH]c5ccccc45)n3)C2)CC1. The molecule has 39 heavy (non-hydrogen) atoms. The first-order valence-electron chi connectivity index (χ1n) is 13.6. The summed E-state index contributed by atoms with van der Waals surface area (Å²) in [5.74, 6) is 0.815. The van der Waals surface area contributed by atoms with Crippen LogP contribution in [0.5, 0.6) is 0 Å². The number of nitrogens with one attached hydrogen (secondary N) is 2. The van der Waals surface area contributed by atoms with Gasteiger partial charge >= 0.3 is 6.09 Å². The zero-order chi connectivity index (χ0) is 27.4. The quantitative estimate of drug-likeness (QED) is 0.377. The number of hydrogen-bond donors (Lipinski definition) is 2. The Morgan fingerprint density at radius 1 is 1.26 bits per heavy atom. The van der Waals surface area contributed by atoms with Crippen LogP contribution in [0.4, 0.5) is 10.7 Å². The van der Waals surface area contributed by atoms with Gasteiger partial charge in [0, 0.05) is 54.4 Å². The fourth-order valence-electron chi connectivity index (χ4n) is 5.89. The number of nitrogens with zero attached hydrogens (tertiary/aromatic N) is 4. The van der Waals surface area contributed by atoms with Gasteiger partial charge in [0.2, 0.25) is 11.9 Å². The van der Waals surface area contributed by atoms with Crippen LogP contribution >= 0.6 is 11.6 Å². The lowest BCUT2D eigenvalue weighted by molar-refractivity contribution is -0.127. The minimum Gasteiger partial charge on any atom is -0.453 e. The number of aromatic amines is 1. The first kappa shape index (κ1) is 27.0. The third kappa shape index (κ3) is 6.03. The lowest BCUT2D eigenvalue weighted by Gasteiger charge is -2.40. The number of para-hydroxylation sites is 1. The average Bonchev–Trinajstić information content (AvgIpc) is 3.40. The van der Waals surface area contributed by atoms with Gasteiger partial charge in [0.15, 0.2) is 0 Å². The Labute approximate surface area is 233 Å². The number of ether oxygens (including phenoxy) is 1. The van der Waals surface area contributed by atoms with E-state index in [1.165, 1.54) is 13.2 Å². The third-order valence-electron chi connectivity index (χ3n) is 7.97. The number of methoxy groups -OCH3 is 1. The zero-order valence-corrected chi connectivity index (χ0v) is 23.0. The monoisotopic (exact) mass is 550 g/mol. The first-order valence-corrected chi connectivity index (χ1v) is 14.0. The van der Waals surface area contributed by atoms with Crippen molar-refractivity contribution in [1.29, 1.82) is 0 Å². The predicted molar refractivity (Wildman–Crippen MR) is 153 cm³/mol. The van der Waals surface area contributed by atoms with Gasteiger partial charge in [-0.2, -0.15) is 0 Å². The molecule has 2 fully saturated rings. The van der Waals surface area contributed by atoms with Crippen molar-refractivity contribution in [2.75, 3.05) is 32.1 Å². The molecule has 0 radical (unpaired) electrons. The molecule has 2 N–H and O–H groups in total. The Kier molecular flexibility index (Phi) is 8.35. The minimum absolute atomic E-state index is 0.0308. The molecule has 9 nitrogen and oxygen atoms in total. The van der Waals surface area contributed by atoms with Crippen molar-refractivity contribution >= 4 is 40.5 Å². The Morgan fingerprint density at radius 2 is 2.05 bits per heavy atom. The highest BCUT2D eigenvalue weighted by Gasteiger charge is 2.33. The molecule has 206 valence electrons. The van der Waals surface area contributed by atoms with Crippen LogP contribution < -0.4 is 5.32 Å². The van der Waals surface area contributed by atoms with Crippen LogP contribution in [0.1, 0.15) is 38.5 Å². The summed E-state index contributed by atoms with van der Waals surface area (Å²) in [7, 11) is 1.44. The molecule has 2 amide bonds. The fraction of sp³-hybridized carbons (Fsp3) is 0.448. The van der Waals surface area contributed by atoms with E-state index in [0.717, 1.165) is 55.0 Å². The highest BCUT2D eigenvalue weighted by atomic mass is 35.5. The smallest absolute Gasteiger partial charge is 0.409 e. The molecular formula is C29H35ClN6O3. The van der Waals surface area contributed by atoms with Crippen LogP contribution in [0.2, 0.25) is 5.02 Å². The van der Waals surface area contributed by atoms with E-state index in [0.29, 0.717) is 42.2 Å². The van der Waals surface area contributed by atoms with Crippen LogP contribution in [-0.4, -0.2) is 75.6 Å². The number of carbonyl (C=O) groups is 2. The highest BCUT2D eigenvalue weighted by molar-refractivity contribution is 6.33. The molecule has 1 aliphatic carbocycles. The largest absolute Gasteiger partial charge is 0.453 e. The zero-order valence-electron chi connectivity index (χ0n) is 22.2. The van der Waals surface area contributed by atoms with Gasteiger partial charge in [-0.3, -0.25) is 4.79 Å². The predicted octanol–water partition coefficient (Wildman–Crippen LogP) is 5.49. The van der Waals surface area contributed by atoms with Crippen molar-refractivity contribution in [2.45, 2.75) is 50.6 Å². The van der Waals surface area contributed by atoms with Crippen LogP contribution in [0.15, 0.2) is 49.3 Å². The molecule has 10 heteroatoms. The second-order valence-electron chi connectivity index (χ2n) is 10.4. The van der Waals surface area contributed by atoms with E-state index in [-0.39, 0.29) is 24.1 Å². The molecule has 0 unspecified atom stereocenters. The van der Waals surface area contributed by atoms with E-state index in [1.54, 1.807) is 6.20 Å². The molecule has 2 atom stereocenters. The summed E-state index contributed by atoms with van der Waals surface area (Å²) in [4.78, 5) is 41.0. The molecule has 3 heterocycles. The summed E-state index contributed by atoms with van der Waals surface area (Å²) >= 11 is 6.52. The van der Waals surface area contributed by atoms with Crippen molar-refractivity contribution < 1.29 is 14.3 Å². The number of rotatable bonds is 7. The van der Waals surface area contributed by atoms with E-state index in [4.69, 9.17) is 21.3 Å². The normalized spacial score (nSPS) is 20.0. The van der Waals surface area contributed by atoms with Crippen molar-refractivity contribution in [3.8, 4) is 11.3 Å². The van der Waals surface area contributed by atoms with Crippen molar-refractivity contribution in [2.24, 2.45) is 5.92 Å². The summed E-state index contributed by atoms with van der Waals surface area (Å²) < 4.78 is 5.19. The maximum absolute atomic E-state index is 12.9. The van der Waals surface area contributed by atoms with Gasteiger partial charge in [0.05, 0.1) is 24.0 Å². The fourth-order valence-corrected chi connectivity index (χ4v) is 6.08. The van der Waals surface area contributed by atoms with Gasteiger partial charge in [0.25, 0.3) is 0 Å². The van der Waals surface area contributed by atoms with Gasteiger partial charge in [-0.15, -0.1) is 0 Å². The van der Waals surface area contributed by atoms with Crippen molar-refractivity contribution in [3.63, 3.8) is 0 Å². The van der Waals surface area contributed by atoms with Gasteiger partial charge in [-0.05, 0) is 56.6 Å². The average molecular weight is 551 g/mol. The maximum Gasteiger partial charge on any atom is 0.409 e. The number of fused-ring (bicyclic) bond motifs is 1. The van der Waals surface area contributed by atoms with Crippen molar-refractivity contribution in [1.82, 2.24) is 24.8 Å². The number of anilines is 1. The molecule has 1 saturated carbocycles. The van der Waals surface area contributed by atoms with Crippen LogP contribution in [0.3, 0.4) is 0 Å². The molecule has 1 aliphatic heterocycles. The first-order chi connectivity index (χ1) is 19.0. The van der Waals surface area contributed by atoms with Crippen LogP contribution in [0, 0.1) is 5.92 Å². The number of hydrogen-bond acceptors (Lipinski definition) is 6. The minimum atomic E-state index is -0.297. The molecule has 2 aliphatic rings. The Hall–Kier alpha value is -3.59. The lowest BCUT2D eigenvalue weighted by atomic mass is 9.88. The van der Waals surface area contributed by atoms with E-state index in [9.17, 15) is 9.59 Å². The molecule has 0 bridgehead atoms. The molecule has 1 aromatic carbocycles. The number of H-pyrrole nitrogens is 1. The number of amides is 2. The topological polar surface area (TPSA) is 103 Å². The van der Waals surface area contributed by atoms with Crippen LogP contribution in [0.25, 0.3) is 22.2 Å². The summed E-state index contributed by atoms with van der Waals surface area (Å²) in [6, 6.07) is 8.21. The Morgan fingerprint density at radius 3 is 2.82 bits per heavy atom. The van der Waals surface area contributed by atoms with E-state index in [2.05, 4.69) is 21.9 Å². The van der Waals surface area contributed by atoms with Crippen LogP contribution in [-0.2, 0) is 9.53 Å². The number of benzene rings is 1. The number of piperidine rings is 1. The summed E-state index contributed by atoms with van der Waals surface area (Å²) in [6.45, 7) is 5.59. The molecule has 3 aromatic rings. The molecule has 1 saturated heterocycles. The summed E-state index contributed by atoms with van der Waals surface area (Å²) in [6.07, 6.45) is 9.98. The maximum atomic E-state index is 12.9. The number of carbonyl (C=O) groups excluding carboxylic acids is 2. The Balaban J connectivity index is 1.26. The standard InChI is InChI=1S/C29H35ClN6O3/c1-3-26(37)35-13-11-19(12-14-35)18-36(29(38)39-2)21-8-6-7-20(15-21)33-28-32-17-24(30)27(34-28)23-16-31-25-10-5-4-9-22(23)25/h3-5,9-10,16-17,19-21,31H,1,6-8,11-15,18H2,2H3,(H,32,33,34)/t20-,21+/m1/s1. The Bertz CT molecular complexity index is 1340. The van der Waals surface area contributed by atoms with Crippen molar-refractivity contribution in [3.05, 3.63) is 54.3 Å². The molecule has 0 spiro atoms. The molecular weight excluding hydrogens is 516 g/mol. The summed E-state index contributed by atoms with van der Waals surface area (Å²) in [5.41, 5.74) is 2.63. The number of aromatic nitrogens is 3. The third-order valence-corrected chi connectivity index (χ3v) is 8.25. The highest BCUT2D eigenvalue weighted by Crippen LogP contribution is 2.33. The van der Waals surface area contributed by atoms with E-state index < -0.39 is 0 Å². The van der Waals surface area contributed by atoms with E-state index in [1.807, 2.05) is 40.3 Å². The lowest BCUT2D eigenvalue weighted by Crippen LogP contribution is -2.49. The van der Waals surface area contributed by atoms with Gasteiger partial charge < -0.3 is 24.8 Å². The number of likely N-dealkylation sites (tertiary alicyclic amines) is 1. The second-order valence-corrected chi connectivity index (χ2v) is 10.8. The van der Waals surface area contributed by atoms with E-state index >= 15 is 0 Å². The number of halogens is 1. The second kappa shape index (κ2) is 12.1. The summed E-state index contributed by atoms with van der Waals surface area (Å²) in [5, 5.41) is 5.05. The van der Waals surface area contributed by atoms with Gasteiger partial charge in [0.1, 0.15) is 0 Å². The molecule has 5 rings (SSSR count). The van der Waals surface area contributed by atoms with Gasteiger partial charge in [-0.25, -0.2) is 14.8 Å². The van der Waals surface area contributed by atoms with Gasteiger partial charge in [-0.1, -0.05) is 36.4 Å². The molecule has 2 aromatic heterocycles.